The molecule has 28 heavy (non-hydrogen) atoms. The molecule has 0 radical (unpaired) electrons. The van der Waals surface area contributed by atoms with Crippen LogP contribution in [0.4, 0.5) is 5.69 Å². The fourth-order valence-corrected chi connectivity index (χ4v) is 3.88. The van der Waals surface area contributed by atoms with Crippen LogP contribution in [0.15, 0.2) is 48.5 Å². The Balaban J connectivity index is 1.62. The molecule has 2 aromatic carbocycles. The Labute approximate surface area is 168 Å². The highest BCUT2D eigenvalue weighted by atomic mass is 16.5. The van der Waals surface area contributed by atoms with Crippen LogP contribution in [0.2, 0.25) is 0 Å². The van der Waals surface area contributed by atoms with Crippen molar-refractivity contribution in [3.05, 3.63) is 59.7 Å². The van der Waals surface area contributed by atoms with Gasteiger partial charge in [-0.1, -0.05) is 49.6 Å². The van der Waals surface area contributed by atoms with Crippen LogP contribution in [-0.2, 0) is 11.3 Å². The molecule has 3 rings (SSSR count). The highest BCUT2D eigenvalue weighted by Gasteiger charge is 2.20. The van der Waals surface area contributed by atoms with E-state index < -0.39 is 6.10 Å². The summed E-state index contributed by atoms with van der Waals surface area (Å²) in [6.45, 7) is 4.64. The predicted octanol–water partition coefficient (Wildman–Crippen LogP) is 5.17. The lowest BCUT2D eigenvalue weighted by Gasteiger charge is -2.31. The number of carbonyl (C=O) groups excluding carboxylic acids is 1. The van der Waals surface area contributed by atoms with E-state index in [1.54, 1.807) is 6.92 Å². The third kappa shape index (κ3) is 5.59. The van der Waals surface area contributed by atoms with E-state index in [-0.39, 0.29) is 5.91 Å². The molecule has 1 amide bonds. The number of ether oxygens (including phenoxy) is 1. The number of para-hydroxylation sites is 1. The van der Waals surface area contributed by atoms with E-state index in [1.807, 2.05) is 49.4 Å². The first kappa shape index (κ1) is 20.4. The molecule has 150 valence electrons. The standard InChI is InChI=1S/C24H32N2O2/c1-18-10-9-14-22(16-18)28-19(2)24(27)25-23-15-8-7-11-20(23)17-26(3)21-12-5-4-6-13-21/h7-11,14-16,19,21H,4-6,12-13,17H2,1-3H3,(H,25,27). The van der Waals surface area contributed by atoms with E-state index in [4.69, 9.17) is 4.74 Å². The van der Waals surface area contributed by atoms with Crippen molar-refractivity contribution in [3.8, 4) is 5.75 Å². The van der Waals surface area contributed by atoms with Crippen molar-refractivity contribution in [3.63, 3.8) is 0 Å². The second kappa shape index (κ2) is 9.74. The molecule has 2 aromatic rings. The van der Waals surface area contributed by atoms with Crippen LogP contribution in [0.5, 0.6) is 5.75 Å². The number of amides is 1. The van der Waals surface area contributed by atoms with Gasteiger partial charge in [-0.3, -0.25) is 9.69 Å². The van der Waals surface area contributed by atoms with Crippen LogP contribution >= 0.6 is 0 Å². The summed E-state index contributed by atoms with van der Waals surface area (Å²) in [5.74, 6) is 0.585. The monoisotopic (exact) mass is 380 g/mol. The fraction of sp³-hybridized carbons (Fsp3) is 0.458. The van der Waals surface area contributed by atoms with Crippen LogP contribution in [0, 0.1) is 6.92 Å². The van der Waals surface area contributed by atoms with E-state index in [0.29, 0.717) is 11.8 Å². The Morgan fingerprint density at radius 2 is 1.89 bits per heavy atom. The summed E-state index contributed by atoms with van der Waals surface area (Å²) in [7, 11) is 2.19. The summed E-state index contributed by atoms with van der Waals surface area (Å²) in [4.78, 5) is 15.1. The molecule has 0 aliphatic heterocycles. The molecule has 1 aliphatic carbocycles. The van der Waals surface area contributed by atoms with Crippen LogP contribution < -0.4 is 10.1 Å². The third-order valence-electron chi connectivity index (χ3n) is 5.56. The van der Waals surface area contributed by atoms with E-state index in [1.165, 1.54) is 32.1 Å². The van der Waals surface area contributed by atoms with Gasteiger partial charge in [-0.05, 0) is 63.1 Å². The van der Waals surface area contributed by atoms with Gasteiger partial charge in [0.25, 0.3) is 5.91 Å². The van der Waals surface area contributed by atoms with E-state index in [9.17, 15) is 4.79 Å². The van der Waals surface area contributed by atoms with Crippen molar-refractivity contribution >= 4 is 11.6 Å². The van der Waals surface area contributed by atoms with E-state index in [0.717, 1.165) is 23.4 Å². The van der Waals surface area contributed by atoms with Crippen LogP contribution in [0.1, 0.15) is 50.2 Å². The second-order valence-electron chi connectivity index (χ2n) is 7.93. The third-order valence-corrected chi connectivity index (χ3v) is 5.56. The molecule has 1 fully saturated rings. The van der Waals surface area contributed by atoms with Crippen molar-refractivity contribution in [1.82, 2.24) is 4.90 Å². The highest BCUT2D eigenvalue weighted by molar-refractivity contribution is 5.94. The SMILES string of the molecule is Cc1cccc(OC(C)C(=O)Nc2ccccc2CN(C)C2CCCCC2)c1. The topological polar surface area (TPSA) is 41.6 Å². The number of anilines is 1. The summed E-state index contributed by atoms with van der Waals surface area (Å²) in [6, 6.07) is 16.5. The first-order valence-electron chi connectivity index (χ1n) is 10.4. The quantitative estimate of drug-likeness (QED) is 0.721. The molecule has 0 saturated heterocycles. The number of nitrogens with one attached hydrogen (secondary N) is 1. The average molecular weight is 381 g/mol. The summed E-state index contributed by atoms with van der Waals surface area (Å²) < 4.78 is 5.82. The number of aryl methyl sites for hydroxylation is 1. The largest absolute Gasteiger partial charge is 0.481 e. The first-order chi connectivity index (χ1) is 13.5. The lowest BCUT2D eigenvalue weighted by atomic mass is 9.94. The van der Waals surface area contributed by atoms with E-state index in [2.05, 4.69) is 23.3 Å². The number of nitrogens with zero attached hydrogens (tertiary/aromatic N) is 1. The molecule has 1 aliphatic rings. The Hall–Kier alpha value is -2.33. The molecular formula is C24H32N2O2. The zero-order valence-electron chi connectivity index (χ0n) is 17.3. The minimum atomic E-state index is -0.564. The summed E-state index contributed by atoms with van der Waals surface area (Å²) in [5.41, 5.74) is 3.13. The maximum Gasteiger partial charge on any atom is 0.265 e. The van der Waals surface area contributed by atoms with Gasteiger partial charge in [0.2, 0.25) is 0 Å². The fourth-order valence-electron chi connectivity index (χ4n) is 3.88. The smallest absolute Gasteiger partial charge is 0.265 e. The highest BCUT2D eigenvalue weighted by Crippen LogP contribution is 2.25. The van der Waals surface area contributed by atoms with Gasteiger partial charge in [0.05, 0.1) is 0 Å². The summed E-state index contributed by atoms with van der Waals surface area (Å²) in [5, 5.41) is 3.06. The maximum atomic E-state index is 12.7. The zero-order chi connectivity index (χ0) is 19.9. The molecule has 1 unspecified atom stereocenters. The number of hydrogen-bond donors (Lipinski definition) is 1. The predicted molar refractivity (Wildman–Crippen MR) is 115 cm³/mol. The Bertz CT molecular complexity index is 784. The number of rotatable bonds is 7. The van der Waals surface area contributed by atoms with Crippen molar-refractivity contribution in [2.45, 2.75) is 64.6 Å². The molecule has 0 heterocycles. The van der Waals surface area contributed by atoms with Crippen LogP contribution in [0.25, 0.3) is 0 Å². The second-order valence-corrected chi connectivity index (χ2v) is 7.93. The molecule has 0 aromatic heterocycles. The van der Waals surface area contributed by atoms with Crippen molar-refractivity contribution in [2.24, 2.45) is 0 Å². The molecule has 0 spiro atoms. The van der Waals surface area contributed by atoms with Gasteiger partial charge in [0.1, 0.15) is 5.75 Å². The van der Waals surface area contributed by atoms with Gasteiger partial charge in [-0.25, -0.2) is 0 Å². The Kier molecular flexibility index (Phi) is 7.10. The van der Waals surface area contributed by atoms with E-state index >= 15 is 0 Å². The normalized spacial score (nSPS) is 16.0. The Morgan fingerprint density at radius 1 is 1.14 bits per heavy atom. The zero-order valence-corrected chi connectivity index (χ0v) is 17.3. The molecule has 4 heteroatoms. The van der Waals surface area contributed by atoms with Crippen molar-refractivity contribution < 1.29 is 9.53 Å². The lowest BCUT2D eigenvalue weighted by molar-refractivity contribution is -0.122. The molecule has 4 nitrogen and oxygen atoms in total. The molecule has 0 bridgehead atoms. The average Bonchev–Trinajstić information content (AvgIpc) is 2.70. The van der Waals surface area contributed by atoms with Crippen molar-refractivity contribution in [2.75, 3.05) is 12.4 Å². The van der Waals surface area contributed by atoms with Crippen LogP contribution in [-0.4, -0.2) is 30.0 Å². The molecule has 1 saturated carbocycles. The number of hydrogen-bond acceptors (Lipinski definition) is 3. The molecule has 1 N–H and O–H groups in total. The summed E-state index contributed by atoms with van der Waals surface area (Å²) >= 11 is 0. The van der Waals surface area contributed by atoms with Gasteiger partial charge >= 0.3 is 0 Å². The number of benzene rings is 2. The minimum absolute atomic E-state index is 0.130. The molecular weight excluding hydrogens is 348 g/mol. The maximum absolute atomic E-state index is 12.7. The lowest BCUT2D eigenvalue weighted by Crippen LogP contribution is -2.34. The van der Waals surface area contributed by atoms with Gasteiger partial charge in [-0.2, -0.15) is 0 Å². The van der Waals surface area contributed by atoms with Gasteiger partial charge in [0, 0.05) is 18.3 Å². The van der Waals surface area contributed by atoms with Crippen molar-refractivity contribution in [1.29, 1.82) is 0 Å². The molecule has 1 atom stereocenters. The van der Waals surface area contributed by atoms with Gasteiger partial charge in [-0.15, -0.1) is 0 Å². The Morgan fingerprint density at radius 3 is 2.64 bits per heavy atom. The van der Waals surface area contributed by atoms with Gasteiger partial charge in [0.15, 0.2) is 6.10 Å². The number of carbonyl (C=O) groups is 1. The first-order valence-corrected chi connectivity index (χ1v) is 10.4. The van der Waals surface area contributed by atoms with Crippen LogP contribution in [0.3, 0.4) is 0 Å². The van der Waals surface area contributed by atoms with Gasteiger partial charge < -0.3 is 10.1 Å². The minimum Gasteiger partial charge on any atom is -0.481 e. The summed E-state index contributed by atoms with van der Waals surface area (Å²) in [6.07, 6.45) is 5.97.